The second-order valence-corrected chi connectivity index (χ2v) is 8.27. The summed E-state index contributed by atoms with van der Waals surface area (Å²) in [5.74, 6) is 1.34. The van der Waals surface area contributed by atoms with Gasteiger partial charge in [0.25, 0.3) is 5.91 Å². The number of aryl methyl sites for hydroxylation is 1. The summed E-state index contributed by atoms with van der Waals surface area (Å²) < 4.78 is 6.99. The van der Waals surface area contributed by atoms with Crippen LogP contribution in [0.2, 0.25) is 0 Å². The van der Waals surface area contributed by atoms with Crippen molar-refractivity contribution in [3.8, 4) is 17.0 Å². The largest absolute Gasteiger partial charge is 0.497 e. The van der Waals surface area contributed by atoms with Gasteiger partial charge >= 0.3 is 0 Å². The van der Waals surface area contributed by atoms with Gasteiger partial charge in [0.1, 0.15) is 5.75 Å². The zero-order valence-electron chi connectivity index (χ0n) is 18.4. The molecule has 0 unspecified atom stereocenters. The van der Waals surface area contributed by atoms with Crippen molar-refractivity contribution in [1.82, 2.24) is 19.7 Å². The van der Waals surface area contributed by atoms with Crippen LogP contribution < -0.4 is 4.74 Å². The second-order valence-electron chi connectivity index (χ2n) is 8.27. The highest BCUT2D eigenvalue weighted by Crippen LogP contribution is 2.31. The van der Waals surface area contributed by atoms with Crippen molar-refractivity contribution in [3.05, 3.63) is 78.0 Å². The summed E-state index contributed by atoms with van der Waals surface area (Å²) in [7, 11) is 3.50. The van der Waals surface area contributed by atoms with Gasteiger partial charge < -0.3 is 9.64 Å². The van der Waals surface area contributed by atoms with Crippen molar-refractivity contribution in [2.24, 2.45) is 7.05 Å². The van der Waals surface area contributed by atoms with Gasteiger partial charge in [-0.05, 0) is 54.7 Å². The van der Waals surface area contributed by atoms with Crippen molar-refractivity contribution >= 4 is 16.9 Å². The molecule has 162 valence electrons. The molecule has 0 aliphatic carbocycles. The minimum Gasteiger partial charge on any atom is -0.497 e. The van der Waals surface area contributed by atoms with Crippen LogP contribution in [-0.4, -0.2) is 45.8 Å². The van der Waals surface area contributed by atoms with Crippen LogP contribution in [0.15, 0.2) is 66.9 Å². The highest BCUT2D eigenvalue weighted by atomic mass is 16.5. The van der Waals surface area contributed by atoms with E-state index in [1.165, 1.54) is 5.56 Å². The van der Waals surface area contributed by atoms with Gasteiger partial charge in [-0.1, -0.05) is 30.3 Å². The van der Waals surface area contributed by atoms with Gasteiger partial charge in [0.2, 0.25) is 0 Å². The van der Waals surface area contributed by atoms with Gasteiger partial charge in [-0.25, -0.2) is 4.98 Å². The minimum absolute atomic E-state index is 0.0478. The number of aromatic nitrogens is 3. The summed E-state index contributed by atoms with van der Waals surface area (Å²) in [5.41, 5.74) is 4.42. The molecule has 5 rings (SSSR count). The highest BCUT2D eigenvalue weighted by Gasteiger charge is 2.27. The number of carbonyl (C=O) groups excluding carboxylic acids is 1. The summed E-state index contributed by atoms with van der Waals surface area (Å²) >= 11 is 0. The van der Waals surface area contributed by atoms with Crippen molar-refractivity contribution in [2.75, 3.05) is 20.2 Å². The molecule has 1 amide bonds. The number of methoxy groups -OCH3 is 1. The second kappa shape index (κ2) is 8.46. The first-order valence-electron chi connectivity index (χ1n) is 11.0. The first kappa shape index (κ1) is 20.2. The zero-order chi connectivity index (χ0) is 22.1. The van der Waals surface area contributed by atoms with E-state index in [0.29, 0.717) is 17.1 Å². The van der Waals surface area contributed by atoms with Gasteiger partial charge in [-0.2, -0.15) is 5.10 Å². The maximum Gasteiger partial charge on any atom is 0.254 e. The van der Waals surface area contributed by atoms with Crippen LogP contribution in [0.1, 0.15) is 34.7 Å². The van der Waals surface area contributed by atoms with Gasteiger partial charge in [0, 0.05) is 25.7 Å². The molecule has 0 saturated carbocycles. The number of amides is 1. The molecular weight excluding hydrogens is 400 g/mol. The first-order chi connectivity index (χ1) is 15.6. The number of piperidine rings is 1. The molecule has 0 atom stereocenters. The van der Waals surface area contributed by atoms with Crippen LogP contribution in [0, 0.1) is 0 Å². The van der Waals surface area contributed by atoms with Crippen LogP contribution in [0.3, 0.4) is 0 Å². The van der Waals surface area contributed by atoms with E-state index in [1.807, 2.05) is 48.3 Å². The average Bonchev–Trinajstić information content (AvgIpc) is 3.24. The Bertz CT molecular complexity index is 1240. The maximum absolute atomic E-state index is 13.6. The number of pyridine rings is 1. The normalized spacial score (nSPS) is 14.6. The molecule has 2 aromatic carbocycles. The quantitative estimate of drug-likeness (QED) is 0.476. The Labute approximate surface area is 187 Å². The van der Waals surface area contributed by atoms with Gasteiger partial charge in [-0.3, -0.25) is 9.48 Å². The van der Waals surface area contributed by atoms with Crippen molar-refractivity contribution in [1.29, 1.82) is 0 Å². The van der Waals surface area contributed by atoms with E-state index in [2.05, 4.69) is 29.4 Å². The summed E-state index contributed by atoms with van der Waals surface area (Å²) in [5, 5.41) is 5.15. The third-order valence-electron chi connectivity index (χ3n) is 6.37. The van der Waals surface area contributed by atoms with Crippen molar-refractivity contribution in [3.63, 3.8) is 0 Å². The van der Waals surface area contributed by atoms with Gasteiger partial charge in [0.05, 0.1) is 30.0 Å². The topological polar surface area (TPSA) is 60.2 Å². The molecule has 0 radical (unpaired) electrons. The Balaban J connectivity index is 1.44. The molecule has 1 aliphatic heterocycles. The number of ether oxygens (including phenoxy) is 1. The average molecular weight is 427 g/mol. The molecule has 32 heavy (non-hydrogen) atoms. The predicted molar refractivity (Wildman–Crippen MR) is 125 cm³/mol. The van der Waals surface area contributed by atoms with E-state index in [1.54, 1.807) is 18.0 Å². The van der Waals surface area contributed by atoms with Crippen LogP contribution in [0.4, 0.5) is 0 Å². The minimum atomic E-state index is 0.0478. The van der Waals surface area contributed by atoms with Crippen molar-refractivity contribution in [2.45, 2.75) is 18.8 Å². The maximum atomic E-state index is 13.6. The lowest BCUT2D eigenvalue weighted by molar-refractivity contribution is 0.0715. The van der Waals surface area contributed by atoms with Gasteiger partial charge in [0.15, 0.2) is 5.65 Å². The van der Waals surface area contributed by atoms with Crippen LogP contribution in [0.5, 0.6) is 5.75 Å². The molecule has 3 heterocycles. The van der Waals surface area contributed by atoms with E-state index in [-0.39, 0.29) is 5.91 Å². The Morgan fingerprint density at radius 3 is 2.44 bits per heavy atom. The van der Waals surface area contributed by atoms with Crippen LogP contribution in [0.25, 0.3) is 22.3 Å². The summed E-state index contributed by atoms with van der Waals surface area (Å²) in [4.78, 5) is 20.4. The number of hydrogen-bond acceptors (Lipinski definition) is 4. The molecule has 4 aromatic rings. The molecule has 0 bridgehead atoms. The van der Waals surface area contributed by atoms with Crippen LogP contribution >= 0.6 is 0 Å². The summed E-state index contributed by atoms with van der Waals surface area (Å²) in [6.45, 7) is 1.50. The fourth-order valence-corrected chi connectivity index (χ4v) is 4.51. The number of rotatable bonds is 4. The molecular formula is C26H26N4O2. The lowest BCUT2D eigenvalue weighted by Crippen LogP contribution is -2.38. The number of fused-ring (bicyclic) bond motifs is 1. The smallest absolute Gasteiger partial charge is 0.254 e. The van der Waals surface area contributed by atoms with E-state index in [4.69, 9.17) is 9.72 Å². The first-order valence-corrected chi connectivity index (χ1v) is 11.0. The molecule has 1 fully saturated rings. The lowest BCUT2D eigenvalue weighted by atomic mass is 9.89. The standard InChI is InChI=1S/C26H26N4O2/c1-29-25-23(17-27-29)22(16-24(28-25)20-8-10-21(32-2)11-9-20)26(31)30-14-12-19(13-15-30)18-6-4-3-5-7-18/h3-11,16-17,19H,12-15H2,1-2H3. The molecule has 0 spiro atoms. The predicted octanol–water partition coefficient (Wildman–Crippen LogP) is 4.66. The number of hydrogen-bond donors (Lipinski definition) is 0. The SMILES string of the molecule is COc1ccc(-c2cc(C(=O)N3CCC(c4ccccc4)CC3)c3cnn(C)c3n2)cc1. The van der Waals surface area contributed by atoms with Crippen molar-refractivity contribution < 1.29 is 9.53 Å². The molecule has 1 aliphatic rings. The Morgan fingerprint density at radius 2 is 1.75 bits per heavy atom. The number of nitrogens with zero attached hydrogens (tertiary/aromatic N) is 4. The summed E-state index contributed by atoms with van der Waals surface area (Å²) in [6, 6.07) is 20.2. The van der Waals surface area contributed by atoms with E-state index < -0.39 is 0 Å². The van der Waals surface area contributed by atoms with Gasteiger partial charge in [-0.15, -0.1) is 0 Å². The Kier molecular flexibility index (Phi) is 5.35. The fourth-order valence-electron chi connectivity index (χ4n) is 4.51. The number of likely N-dealkylation sites (tertiary alicyclic amines) is 1. The molecule has 0 N–H and O–H groups in total. The summed E-state index contributed by atoms with van der Waals surface area (Å²) in [6.07, 6.45) is 3.69. The Hall–Kier alpha value is -3.67. The van der Waals surface area contributed by atoms with Crippen LogP contribution in [-0.2, 0) is 7.05 Å². The fraction of sp³-hybridized carbons (Fsp3) is 0.269. The van der Waals surface area contributed by atoms with E-state index in [9.17, 15) is 4.79 Å². The molecule has 6 nitrogen and oxygen atoms in total. The number of benzene rings is 2. The monoisotopic (exact) mass is 426 g/mol. The lowest BCUT2D eigenvalue weighted by Gasteiger charge is -2.32. The molecule has 2 aromatic heterocycles. The third-order valence-corrected chi connectivity index (χ3v) is 6.37. The molecule has 6 heteroatoms. The molecule has 1 saturated heterocycles. The zero-order valence-corrected chi connectivity index (χ0v) is 18.4. The highest BCUT2D eigenvalue weighted by molar-refractivity contribution is 6.06. The third kappa shape index (κ3) is 3.73. The number of carbonyl (C=O) groups is 1. The Morgan fingerprint density at radius 1 is 1.03 bits per heavy atom. The van der Waals surface area contributed by atoms with E-state index >= 15 is 0 Å². The van der Waals surface area contributed by atoms with E-state index in [0.717, 1.165) is 48.3 Å².